The molecule has 0 aromatic heterocycles. The number of hydrogen-bond acceptors (Lipinski definition) is 3. The Bertz CT molecular complexity index is 629. The number of benzene rings is 1. The Balaban J connectivity index is 1.96. The van der Waals surface area contributed by atoms with Crippen molar-refractivity contribution in [3.05, 3.63) is 29.3 Å². The summed E-state index contributed by atoms with van der Waals surface area (Å²) < 4.78 is 26.2. The van der Waals surface area contributed by atoms with Gasteiger partial charge >= 0.3 is 0 Å². The third-order valence-electron chi connectivity index (χ3n) is 3.82. The number of primary amides is 1. The number of nitrogens with two attached hydrogens (primary N) is 1. The van der Waals surface area contributed by atoms with Crippen molar-refractivity contribution in [1.82, 2.24) is 4.31 Å². The Hall–Kier alpha value is -1.11. The van der Waals surface area contributed by atoms with Gasteiger partial charge in [-0.05, 0) is 42.5 Å². The Morgan fingerprint density at radius 1 is 1.32 bits per heavy atom. The number of carbonyl (C=O) groups excluding carboxylic acids is 1. The topological polar surface area (TPSA) is 80.5 Å². The zero-order chi connectivity index (χ0) is 13.8. The highest BCUT2D eigenvalue weighted by Gasteiger charge is 2.58. The molecule has 1 amide bonds. The molecule has 1 saturated heterocycles. The van der Waals surface area contributed by atoms with E-state index in [9.17, 15) is 13.2 Å². The van der Waals surface area contributed by atoms with E-state index < -0.39 is 22.0 Å². The van der Waals surface area contributed by atoms with Crippen LogP contribution in [-0.2, 0) is 14.8 Å². The number of fused-ring (bicyclic) bond motifs is 1. The molecule has 5 nitrogen and oxygen atoms in total. The van der Waals surface area contributed by atoms with E-state index >= 15 is 0 Å². The third kappa shape index (κ3) is 2.04. The lowest BCUT2D eigenvalue weighted by Crippen LogP contribution is -2.46. The van der Waals surface area contributed by atoms with E-state index in [0.717, 1.165) is 6.42 Å². The number of nitrogens with zero attached hydrogens (tertiary/aromatic N) is 1. The van der Waals surface area contributed by atoms with Crippen LogP contribution in [0.1, 0.15) is 6.42 Å². The average Bonchev–Trinajstić information content (AvgIpc) is 2.99. The SMILES string of the molecule is NC(=O)[C@H]1C2CC2CN1S(=O)(=O)c1ccc(Cl)cc1. The van der Waals surface area contributed by atoms with Gasteiger partial charge in [0.1, 0.15) is 6.04 Å². The van der Waals surface area contributed by atoms with Crippen LogP contribution in [0.4, 0.5) is 0 Å². The summed E-state index contributed by atoms with van der Waals surface area (Å²) in [5, 5.41) is 0.467. The van der Waals surface area contributed by atoms with E-state index in [0.29, 0.717) is 11.6 Å². The van der Waals surface area contributed by atoms with Crippen LogP contribution in [0.5, 0.6) is 0 Å². The minimum absolute atomic E-state index is 0.0968. The minimum atomic E-state index is -3.68. The van der Waals surface area contributed by atoms with Gasteiger partial charge in [-0.3, -0.25) is 4.79 Å². The molecule has 2 N–H and O–H groups in total. The molecule has 19 heavy (non-hydrogen) atoms. The van der Waals surface area contributed by atoms with Crippen molar-refractivity contribution in [1.29, 1.82) is 0 Å². The molecule has 1 aliphatic heterocycles. The number of piperidine rings is 1. The molecule has 0 radical (unpaired) electrons. The first kappa shape index (κ1) is 12.9. The molecule has 0 spiro atoms. The average molecular weight is 301 g/mol. The summed E-state index contributed by atoms with van der Waals surface area (Å²) in [6.07, 6.45) is 0.889. The number of rotatable bonds is 3. The molecule has 1 aliphatic carbocycles. The van der Waals surface area contributed by atoms with Gasteiger partial charge in [0.2, 0.25) is 15.9 Å². The molecular formula is C12H13ClN2O3S. The van der Waals surface area contributed by atoms with Gasteiger partial charge in [-0.2, -0.15) is 4.31 Å². The summed E-state index contributed by atoms with van der Waals surface area (Å²) in [7, 11) is -3.68. The summed E-state index contributed by atoms with van der Waals surface area (Å²) in [6.45, 7) is 0.378. The van der Waals surface area contributed by atoms with Crippen LogP contribution in [0.25, 0.3) is 0 Å². The van der Waals surface area contributed by atoms with Gasteiger partial charge < -0.3 is 5.73 Å². The van der Waals surface area contributed by atoms with Crippen LogP contribution in [0.3, 0.4) is 0 Å². The maximum atomic E-state index is 12.5. The number of hydrogen-bond donors (Lipinski definition) is 1. The number of carbonyl (C=O) groups is 1. The fourth-order valence-corrected chi connectivity index (χ4v) is 4.59. The highest BCUT2D eigenvalue weighted by Crippen LogP contribution is 2.50. The van der Waals surface area contributed by atoms with Gasteiger partial charge in [0.05, 0.1) is 4.90 Å². The highest BCUT2D eigenvalue weighted by molar-refractivity contribution is 7.89. The van der Waals surface area contributed by atoms with Crippen molar-refractivity contribution in [2.75, 3.05) is 6.54 Å². The number of halogens is 1. The lowest BCUT2D eigenvalue weighted by atomic mass is 10.2. The second-order valence-corrected chi connectivity index (χ2v) is 7.36. The molecule has 1 saturated carbocycles. The van der Waals surface area contributed by atoms with Crippen LogP contribution < -0.4 is 5.73 Å². The van der Waals surface area contributed by atoms with Crippen molar-refractivity contribution in [2.45, 2.75) is 17.4 Å². The van der Waals surface area contributed by atoms with E-state index in [2.05, 4.69) is 0 Å². The highest BCUT2D eigenvalue weighted by atomic mass is 35.5. The zero-order valence-corrected chi connectivity index (χ0v) is 11.6. The van der Waals surface area contributed by atoms with Crippen LogP contribution in [-0.4, -0.2) is 31.2 Å². The molecule has 3 atom stereocenters. The molecule has 2 fully saturated rings. The Morgan fingerprint density at radius 3 is 2.53 bits per heavy atom. The number of sulfonamides is 1. The smallest absolute Gasteiger partial charge is 0.243 e. The van der Waals surface area contributed by atoms with Gasteiger partial charge in [-0.25, -0.2) is 8.42 Å². The van der Waals surface area contributed by atoms with Crippen molar-refractivity contribution >= 4 is 27.5 Å². The summed E-state index contributed by atoms with van der Waals surface area (Å²) in [6, 6.07) is 5.22. The van der Waals surface area contributed by atoms with Gasteiger partial charge in [-0.15, -0.1) is 0 Å². The minimum Gasteiger partial charge on any atom is -0.368 e. The van der Waals surface area contributed by atoms with Gasteiger partial charge in [0.15, 0.2) is 0 Å². The predicted molar refractivity (Wildman–Crippen MR) is 69.9 cm³/mol. The molecule has 1 aromatic carbocycles. The van der Waals surface area contributed by atoms with Gasteiger partial charge in [0, 0.05) is 11.6 Å². The summed E-state index contributed by atoms with van der Waals surface area (Å²) in [5.41, 5.74) is 5.34. The first-order chi connectivity index (χ1) is 8.91. The molecule has 3 rings (SSSR count). The molecule has 0 bridgehead atoms. The van der Waals surface area contributed by atoms with Crippen LogP contribution >= 0.6 is 11.6 Å². The predicted octanol–water partition coefficient (Wildman–Crippen LogP) is 0.834. The van der Waals surface area contributed by atoms with Crippen LogP contribution in [0, 0.1) is 11.8 Å². The normalized spacial score (nSPS) is 30.1. The fourth-order valence-electron chi connectivity index (χ4n) is 2.77. The Morgan fingerprint density at radius 2 is 1.95 bits per heavy atom. The van der Waals surface area contributed by atoms with Crippen molar-refractivity contribution in [3.8, 4) is 0 Å². The molecule has 2 unspecified atom stereocenters. The molecule has 7 heteroatoms. The summed E-state index contributed by atoms with van der Waals surface area (Å²) >= 11 is 5.75. The molecule has 102 valence electrons. The Labute approximate surface area is 116 Å². The second-order valence-electron chi connectivity index (χ2n) is 5.04. The Kier molecular flexibility index (Phi) is 2.85. The monoisotopic (exact) mass is 300 g/mol. The summed E-state index contributed by atoms with van der Waals surface area (Å²) in [5.74, 6) is -0.193. The number of amides is 1. The maximum absolute atomic E-state index is 12.5. The lowest BCUT2D eigenvalue weighted by Gasteiger charge is -2.24. The van der Waals surface area contributed by atoms with Gasteiger partial charge in [-0.1, -0.05) is 11.6 Å². The van der Waals surface area contributed by atoms with E-state index in [1.54, 1.807) is 0 Å². The lowest BCUT2D eigenvalue weighted by molar-refractivity contribution is -0.121. The standard InChI is InChI=1S/C12H13ClN2O3S/c13-8-1-3-9(4-2-8)19(17,18)15-6-7-5-10(7)11(15)12(14)16/h1-4,7,10-11H,5-6H2,(H2,14,16)/t7?,10?,11-/m1/s1. The van der Waals surface area contributed by atoms with Crippen LogP contribution in [0.2, 0.25) is 5.02 Å². The third-order valence-corrected chi connectivity index (χ3v) is 5.93. The summed E-state index contributed by atoms with van der Waals surface area (Å²) in [4.78, 5) is 11.6. The van der Waals surface area contributed by atoms with E-state index in [-0.39, 0.29) is 16.7 Å². The van der Waals surface area contributed by atoms with E-state index in [1.807, 2.05) is 0 Å². The van der Waals surface area contributed by atoms with E-state index in [1.165, 1.54) is 28.6 Å². The van der Waals surface area contributed by atoms with Crippen LogP contribution in [0.15, 0.2) is 29.2 Å². The first-order valence-corrected chi connectivity index (χ1v) is 7.80. The fraction of sp³-hybridized carbons (Fsp3) is 0.417. The van der Waals surface area contributed by atoms with Crippen molar-refractivity contribution < 1.29 is 13.2 Å². The second kappa shape index (κ2) is 4.19. The molecular weight excluding hydrogens is 288 g/mol. The van der Waals surface area contributed by atoms with Crippen molar-refractivity contribution in [3.63, 3.8) is 0 Å². The zero-order valence-electron chi connectivity index (χ0n) is 9.99. The quantitative estimate of drug-likeness (QED) is 0.898. The largest absolute Gasteiger partial charge is 0.368 e. The maximum Gasteiger partial charge on any atom is 0.243 e. The molecule has 1 aromatic rings. The molecule has 1 heterocycles. The first-order valence-electron chi connectivity index (χ1n) is 5.98. The van der Waals surface area contributed by atoms with E-state index in [4.69, 9.17) is 17.3 Å². The van der Waals surface area contributed by atoms with Crippen molar-refractivity contribution in [2.24, 2.45) is 17.6 Å². The van der Waals surface area contributed by atoms with Gasteiger partial charge in [0.25, 0.3) is 0 Å². The molecule has 2 aliphatic rings.